The monoisotopic (exact) mass is 501 g/mol. The molecule has 0 spiro atoms. The average Bonchev–Trinajstić information content (AvgIpc) is 3.06. The SMILES string of the molecule is CCOc1cc(CNC(C)c2ccccn2)ccc1OCC(=O)N1CC2(C)CC1CC(C)(C)C2.Cl. The average molecular weight is 502 g/mol. The van der Waals surface area contributed by atoms with Crippen molar-refractivity contribution in [3.63, 3.8) is 0 Å². The summed E-state index contributed by atoms with van der Waals surface area (Å²) in [6.07, 6.45) is 5.15. The van der Waals surface area contributed by atoms with Crippen LogP contribution in [0.4, 0.5) is 0 Å². The van der Waals surface area contributed by atoms with Gasteiger partial charge in [-0.2, -0.15) is 0 Å². The van der Waals surface area contributed by atoms with Crippen LogP contribution in [0.15, 0.2) is 42.6 Å². The third-order valence-corrected chi connectivity index (χ3v) is 7.14. The Morgan fingerprint density at radius 1 is 1.17 bits per heavy atom. The molecule has 7 heteroatoms. The van der Waals surface area contributed by atoms with Crippen LogP contribution in [-0.4, -0.2) is 41.6 Å². The number of fused-ring (bicyclic) bond motifs is 2. The molecule has 1 saturated carbocycles. The minimum Gasteiger partial charge on any atom is -0.490 e. The molecule has 0 radical (unpaired) electrons. The van der Waals surface area contributed by atoms with Gasteiger partial charge in [0.25, 0.3) is 5.91 Å². The number of amides is 1. The number of halogens is 1. The van der Waals surface area contributed by atoms with Gasteiger partial charge < -0.3 is 19.7 Å². The highest BCUT2D eigenvalue weighted by Crippen LogP contribution is 2.52. The molecule has 1 saturated heterocycles. The van der Waals surface area contributed by atoms with Crippen molar-refractivity contribution in [1.82, 2.24) is 15.2 Å². The number of hydrogen-bond acceptors (Lipinski definition) is 5. The lowest BCUT2D eigenvalue weighted by atomic mass is 9.65. The van der Waals surface area contributed by atoms with E-state index in [1.165, 1.54) is 6.42 Å². The molecule has 2 fully saturated rings. The normalized spacial score (nSPS) is 23.3. The highest BCUT2D eigenvalue weighted by atomic mass is 35.5. The Kier molecular flexibility index (Phi) is 8.71. The molecular formula is C28H40ClN3O3. The number of aromatic nitrogens is 1. The summed E-state index contributed by atoms with van der Waals surface area (Å²) in [7, 11) is 0. The van der Waals surface area contributed by atoms with Crippen molar-refractivity contribution in [2.45, 2.75) is 72.5 Å². The zero-order valence-electron chi connectivity index (χ0n) is 21.7. The van der Waals surface area contributed by atoms with E-state index in [4.69, 9.17) is 9.47 Å². The van der Waals surface area contributed by atoms with Gasteiger partial charge in [-0.05, 0) is 73.8 Å². The van der Waals surface area contributed by atoms with Crippen molar-refractivity contribution < 1.29 is 14.3 Å². The fraction of sp³-hybridized carbons (Fsp3) is 0.571. The van der Waals surface area contributed by atoms with E-state index in [-0.39, 0.29) is 41.8 Å². The second-order valence-electron chi connectivity index (χ2n) is 11.1. The van der Waals surface area contributed by atoms with Crippen LogP contribution in [0.25, 0.3) is 0 Å². The van der Waals surface area contributed by atoms with Crippen LogP contribution in [0.2, 0.25) is 0 Å². The summed E-state index contributed by atoms with van der Waals surface area (Å²) in [5.74, 6) is 1.36. The number of nitrogens with one attached hydrogen (secondary N) is 1. The number of likely N-dealkylation sites (tertiary alicyclic amines) is 1. The predicted octanol–water partition coefficient (Wildman–Crippen LogP) is 5.56. The predicted molar refractivity (Wildman–Crippen MR) is 141 cm³/mol. The molecule has 2 aliphatic rings. The van der Waals surface area contributed by atoms with Crippen molar-refractivity contribution in [3.8, 4) is 11.5 Å². The van der Waals surface area contributed by atoms with Crippen molar-refractivity contribution in [1.29, 1.82) is 0 Å². The second-order valence-corrected chi connectivity index (χ2v) is 11.1. The van der Waals surface area contributed by atoms with E-state index in [9.17, 15) is 4.79 Å². The number of carbonyl (C=O) groups is 1. The third kappa shape index (κ3) is 6.68. The Morgan fingerprint density at radius 3 is 2.69 bits per heavy atom. The number of benzene rings is 1. The number of pyridine rings is 1. The maximum absolute atomic E-state index is 13.1. The van der Waals surface area contributed by atoms with Gasteiger partial charge in [0.2, 0.25) is 0 Å². The number of ether oxygens (including phenoxy) is 2. The summed E-state index contributed by atoms with van der Waals surface area (Å²) in [5.41, 5.74) is 2.61. The summed E-state index contributed by atoms with van der Waals surface area (Å²) in [4.78, 5) is 19.6. The van der Waals surface area contributed by atoms with Gasteiger partial charge in [-0.1, -0.05) is 32.9 Å². The summed E-state index contributed by atoms with van der Waals surface area (Å²) in [6, 6.07) is 12.3. The van der Waals surface area contributed by atoms with Gasteiger partial charge in [0.05, 0.1) is 12.3 Å². The first-order valence-electron chi connectivity index (χ1n) is 12.5. The van der Waals surface area contributed by atoms with Crippen molar-refractivity contribution in [2.24, 2.45) is 10.8 Å². The smallest absolute Gasteiger partial charge is 0.260 e. The molecule has 1 aliphatic heterocycles. The van der Waals surface area contributed by atoms with Crippen molar-refractivity contribution >= 4 is 18.3 Å². The summed E-state index contributed by atoms with van der Waals surface area (Å²) >= 11 is 0. The lowest BCUT2D eigenvalue weighted by Gasteiger charge is -2.39. The molecule has 1 amide bonds. The van der Waals surface area contributed by atoms with Gasteiger partial charge in [0.15, 0.2) is 18.1 Å². The molecule has 3 unspecified atom stereocenters. The van der Waals surface area contributed by atoms with E-state index in [1.54, 1.807) is 0 Å². The molecule has 6 nitrogen and oxygen atoms in total. The molecule has 1 aliphatic carbocycles. The van der Waals surface area contributed by atoms with Crippen molar-refractivity contribution in [2.75, 3.05) is 19.8 Å². The fourth-order valence-corrected chi connectivity index (χ4v) is 6.03. The summed E-state index contributed by atoms with van der Waals surface area (Å²) in [6.45, 7) is 13.1. The zero-order valence-corrected chi connectivity index (χ0v) is 22.5. The quantitative estimate of drug-likeness (QED) is 0.487. The van der Waals surface area contributed by atoms with E-state index < -0.39 is 0 Å². The van der Waals surface area contributed by atoms with E-state index in [2.05, 4.69) is 42.9 Å². The van der Waals surface area contributed by atoms with Gasteiger partial charge in [-0.25, -0.2) is 0 Å². The Balaban J connectivity index is 0.00000342. The topological polar surface area (TPSA) is 63.7 Å². The van der Waals surface area contributed by atoms with Gasteiger partial charge in [0.1, 0.15) is 0 Å². The molecule has 1 aromatic heterocycles. The highest BCUT2D eigenvalue weighted by molar-refractivity contribution is 5.85. The number of nitrogens with zero attached hydrogens (tertiary/aromatic N) is 2. The number of rotatable bonds is 9. The molecule has 1 aromatic carbocycles. The Labute approximate surface area is 216 Å². The van der Waals surface area contributed by atoms with Crippen molar-refractivity contribution in [3.05, 3.63) is 53.9 Å². The first kappa shape index (κ1) is 27.3. The standard InChI is InChI=1S/C28H39N3O3.ClH/c1-6-33-25-13-21(16-30-20(2)23-9-7-8-12-29-23)10-11-24(25)34-17-26(32)31-19-28(5)15-22(31)14-27(3,4)18-28;/h7-13,20,22,30H,6,14-19H2,1-5H3;1H. The highest BCUT2D eigenvalue weighted by Gasteiger charge is 2.50. The maximum Gasteiger partial charge on any atom is 0.260 e. The summed E-state index contributed by atoms with van der Waals surface area (Å²) < 4.78 is 11.9. The van der Waals surface area contributed by atoms with E-state index >= 15 is 0 Å². The molecule has 2 heterocycles. The van der Waals surface area contributed by atoms with Crippen LogP contribution < -0.4 is 14.8 Å². The molecule has 1 N–H and O–H groups in total. The molecule has 35 heavy (non-hydrogen) atoms. The number of hydrogen-bond donors (Lipinski definition) is 1. The molecule has 2 bridgehead atoms. The minimum atomic E-state index is 0. The van der Waals surface area contributed by atoms with E-state index in [0.717, 1.165) is 30.6 Å². The second kappa shape index (κ2) is 11.2. The van der Waals surface area contributed by atoms with E-state index in [0.29, 0.717) is 30.7 Å². The van der Waals surface area contributed by atoms with Crippen LogP contribution in [0.5, 0.6) is 11.5 Å². The Hall–Kier alpha value is -2.31. The molecule has 3 atom stereocenters. The Morgan fingerprint density at radius 2 is 1.97 bits per heavy atom. The van der Waals surface area contributed by atoms with Crippen LogP contribution in [0, 0.1) is 10.8 Å². The molecule has 4 rings (SSSR count). The lowest BCUT2D eigenvalue weighted by molar-refractivity contribution is -0.134. The maximum atomic E-state index is 13.1. The molecule has 2 aromatic rings. The van der Waals surface area contributed by atoms with Crippen LogP contribution in [-0.2, 0) is 11.3 Å². The summed E-state index contributed by atoms with van der Waals surface area (Å²) in [5, 5.41) is 3.50. The minimum absolute atomic E-state index is 0. The van der Waals surface area contributed by atoms with Gasteiger partial charge >= 0.3 is 0 Å². The zero-order chi connectivity index (χ0) is 24.3. The third-order valence-electron chi connectivity index (χ3n) is 7.14. The van der Waals surface area contributed by atoms with E-state index in [1.807, 2.05) is 49.5 Å². The van der Waals surface area contributed by atoms with Crippen LogP contribution in [0.3, 0.4) is 0 Å². The largest absolute Gasteiger partial charge is 0.490 e. The lowest BCUT2D eigenvalue weighted by Crippen LogP contribution is -2.40. The van der Waals surface area contributed by atoms with Crippen LogP contribution in [0.1, 0.15) is 71.2 Å². The van der Waals surface area contributed by atoms with Crippen LogP contribution >= 0.6 is 12.4 Å². The fourth-order valence-electron chi connectivity index (χ4n) is 6.03. The molecular weight excluding hydrogens is 462 g/mol. The first-order valence-corrected chi connectivity index (χ1v) is 12.5. The van der Waals surface area contributed by atoms with Gasteiger partial charge in [0, 0.05) is 31.4 Å². The van der Waals surface area contributed by atoms with Gasteiger partial charge in [-0.15, -0.1) is 12.4 Å². The van der Waals surface area contributed by atoms with Gasteiger partial charge in [-0.3, -0.25) is 9.78 Å². The Bertz CT molecular complexity index is 1000. The number of carbonyl (C=O) groups excluding carboxylic acids is 1. The molecule has 192 valence electrons. The first-order chi connectivity index (χ1) is 16.2.